The number of anilines is 2. The molecule has 20 heavy (non-hydrogen) atoms. The van der Waals surface area contributed by atoms with Crippen LogP contribution < -0.4 is 10.6 Å². The van der Waals surface area contributed by atoms with Crippen LogP contribution in [-0.4, -0.2) is 67.0 Å². The topological polar surface area (TPSA) is 65.7 Å². The molecular weight excluding hydrogens is 274 g/mol. The molecule has 7 heteroatoms. The molecule has 6 nitrogen and oxygen atoms in total. The molecule has 0 atom stereocenters. The van der Waals surface area contributed by atoms with Crippen LogP contribution in [0.25, 0.3) is 0 Å². The van der Waals surface area contributed by atoms with E-state index >= 15 is 0 Å². The monoisotopic (exact) mass is 297 g/mol. The van der Waals surface area contributed by atoms with Crippen molar-refractivity contribution in [2.45, 2.75) is 19.9 Å². The first-order valence-corrected chi connectivity index (χ1v) is 7.68. The molecule has 112 valence electrons. The molecule has 0 radical (unpaired) electrons. The SMILES string of the molecule is CC(C)N1CCN(C(=O)c2sc(N(C)C)nc2N)CC1. The molecule has 1 fully saturated rings. The van der Waals surface area contributed by atoms with Gasteiger partial charge in [-0.2, -0.15) is 0 Å². The second-order valence-corrected chi connectivity index (χ2v) is 6.50. The highest BCUT2D eigenvalue weighted by molar-refractivity contribution is 7.18. The minimum Gasteiger partial charge on any atom is -0.382 e. The molecule has 1 aliphatic heterocycles. The Bertz CT molecular complexity index is 477. The average Bonchev–Trinajstić information content (AvgIpc) is 2.80. The summed E-state index contributed by atoms with van der Waals surface area (Å²) in [5.74, 6) is 0.353. The zero-order valence-electron chi connectivity index (χ0n) is 12.6. The van der Waals surface area contributed by atoms with Crippen LogP contribution in [0.4, 0.5) is 10.9 Å². The summed E-state index contributed by atoms with van der Waals surface area (Å²) in [5.41, 5.74) is 5.88. The number of carbonyl (C=O) groups is 1. The van der Waals surface area contributed by atoms with E-state index in [1.807, 2.05) is 23.9 Å². The maximum absolute atomic E-state index is 12.5. The molecule has 1 aromatic heterocycles. The lowest BCUT2D eigenvalue weighted by molar-refractivity contribution is 0.0601. The third-order valence-electron chi connectivity index (χ3n) is 3.55. The van der Waals surface area contributed by atoms with Gasteiger partial charge in [-0.25, -0.2) is 4.98 Å². The van der Waals surface area contributed by atoms with Gasteiger partial charge >= 0.3 is 0 Å². The molecule has 1 saturated heterocycles. The highest BCUT2D eigenvalue weighted by Gasteiger charge is 2.26. The molecule has 0 aromatic carbocycles. The van der Waals surface area contributed by atoms with Crippen molar-refractivity contribution in [3.63, 3.8) is 0 Å². The second-order valence-electron chi connectivity index (χ2n) is 5.53. The van der Waals surface area contributed by atoms with Gasteiger partial charge in [-0.1, -0.05) is 11.3 Å². The Morgan fingerprint density at radius 2 is 1.90 bits per heavy atom. The van der Waals surface area contributed by atoms with Crippen molar-refractivity contribution in [2.24, 2.45) is 0 Å². The minimum absolute atomic E-state index is 0.0107. The van der Waals surface area contributed by atoms with E-state index in [1.165, 1.54) is 11.3 Å². The largest absolute Gasteiger partial charge is 0.382 e. The fraction of sp³-hybridized carbons (Fsp3) is 0.692. The van der Waals surface area contributed by atoms with Crippen LogP contribution in [-0.2, 0) is 0 Å². The number of piperazine rings is 1. The first-order chi connectivity index (χ1) is 9.40. The maximum atomic E-state index is 12.5. The molecule has 2 N–H and O–H groups in total. The summed E-state index contributed by atoms with van der Waals surface area (Å²) in [7, 11) is 3.79. The smallest absolute Gasteiger partial charge is 0.267 e. The summed E-state index contributed by atoms with van der Waals surface area (Å²) in [4.78, 5) is 23.4. The summed E-state index contributed by atoms with van der Waals surface area (Å²) in [6, 6.07) is 0.529. The van der Waals surface area contributed by atoms with E-state index < -0.39 is 0 Å². The van der Waals surface area contributed by atoms with Crippen molar-refractivity contribution in [3.05, 3.63) is 4.88 Å². The Kier molecular flexibility index (Phi) is 4.49. The fourth-order valence-corrected chi connectivity index (χ4v) is 3.13. The first-order valence-electron chi connectivity index (χ1n) is 6.87. The number of thiazole rings is 1. The molecule has 1 aliphatic rings. The molecule has 0 bridgehead atoms. The van der Waals surface area contributed by atoms with Crippen LogP contribution in [0, 0.1) is 0 Å². The molecular formula is C13H23N5OS. The van der Waals surface area contributed by atoms with Crippen molar-refractivity contribution >= 4 is 28.2 Å². The van der Waals surface area contributed by atoms with E-state index in [2.05, 4.69) is 23.7 Å². The van der Waals surface area contributed by atoms with Gasteiger partial charge in [-0.15, -0.1) is 0 Å². The van der Waals surface area contributed by atoms with Crippen molar-refractivity contribution in [3.8, 4) is 0 Å². The van der Waals surface area contributed by atoms with Crippen LogP contribution in [0.1, 0.15) is 23.5 Å². The van der Waals surface area contributed by atoms with Gasteiger partial charge in [-0.3, -0.25) is 9.69 Å². The van der Waals surface area contributed by atoms with Gasteiger partial charge in [0.1, 0.15) is 10.7 Å². The molecule has 2 rings (SSSR count). The van der Waals surface area contributed by atoms with E-state index in [9.17, 15) is 4.79 Å². The molecule has 1 amide bonds. The van der Waals surface area contributed by atoms with Crippen molar-refractivity contribution in [1.29, 1.82) is 0 Å². The van der Waals surface area contributed by atoms with Crippen LogP contribution in [0.2, 0.25) is 0 Å². The first kappa shape index (κ1) is 15.1. The van der Waals surface area contributed by atoms with Crippen LogP contribution in [0.15, 0.2) is 0 Å². The van der Waals surface area contributed by atoms with Gasteiger partial charge < -0.3 is 15.5 Å². The predicted octanol–water partition coefficient (Wildman–Crippen LogP) is 0.958. The van der Waals surface area contributed by atoms with Gasteiger partial charge in [0.2, 0.25) is 0 Å². The standard InChI is InChI=1S/C13H23N5OS/c1-9(2)17-5-7-18(8-6-17)12(19)10-11(14)15-13(20-10)16(3)4/h9H,5-8,14H2,1-4H3. The maximum Gasteiger partial charge on any atom is 0.267 e. The number of nitrogen functional groups attached to an aromatic ring is 1. The van der Waals surface area contributed by atoms with E-state index in [0.717, 1.165) is 31.3 Å². The van der Waals surface area contributed by atoms with Crippen LogP contribution in [0.3, 0.4) is 0 Å². The van der Waals surface area contributed by atoms with E-state index in [0.29, 0.717) is 16.7 Å². The lowest BCUT2D eigenvalue weighted by Gasteiger charge is -2.36. The van der Waals surface area contributed by atoms with Crippen molar-refractivity contribution in [2.75, 3.05) is 50.9 Å². The van der Waals surface area contributed by atoms with E-state index in [1.54, 1.807) is 0 Å². The second kappa shape index (κ2) is 5.97. The third kappa shape index (κ3) is 3.04. The molecule has 1 aromatic rings. The predicted molar refractivity (Wildman–Crippen MR) is 83.5 cm³/mol. The normalized spacial score (nSPS) is 16.8. The Hall–Kier alpha value is -1.34. The number of nitrogens with two attached hydrogens (primary N) is 1. The van der Waals surface area contributed by atoms with E-state index in [-0.39, 0.29) is 5.91 Å². The molecule has 2 heterocycles. The van der Waals surface area contributed by atoms with Crippen LogP contribution in [0.5, 0.6) is 0 Å². The zero-order valence-corrected chi connectivity index (χ0v) is 13.4. The van der Waals surface area contributed by atoms with Crippen molar-refractivity contribution in [1.82, 2.24) is 14.8 Å². The highest BCUT2D eigenvalue weighted by atomic mass is 32.1. The van der Waals surface area contributed by atoms with Gasteiger partial charge in [-0.05, 0) is 13.8 Å². The van der Waals surface area contributed by atoms with Gasteiger partial charge in [0.15, 0.2) is 5.13 Å². The summed E-state index contributed by atoms with van der Waals surface area (Å²) >= 11 is 1.36. The number of amides is 1. The number of carbonyl (C=O) groups excluding carboxylic acids is 1. The summed E-state index contributed by atoms with van der Waals surface area (Å²) in [5, 5.41) is 0.770. The van der Waals surface area contributed by atoms with E-state index in [4.69, 9.17) is 5.73 Å². The van der Waals surface area contributed by atoms with Gasteiger partial charge in [0.05, 0.1) is 0 Å². The Morgan fingerprint density at radius 1 is 1.30 bits per heavy atom. The zero-order chi connectivity index (χ0) is 14.9. The lowest BCUT2D eigenvalue weighted by Crippen LogP contribution is -2.50. The number of hydrogen-bond donors (Lipinski definition) is 1. The van der Waals surface area contributed by atoms with Crippen molar-refractivity contribution < 1.29 is 4.79 Å². The fourth-order valence-electron chi connectivity index (χ4n) is 2.25. The van der Waals surface area contributed by atoms with Gasteiger partial charge in [0.25, 0.3) is 5.91 Å². The summed E-state index contributed by atoms with van der Waals surface area (Å²) in [6.45, 7) is 7.71. The number of rotatable bonds is 3. The Balaban J connectivity index is 2.05. The van der Waals surface area contributed by atoms with Gasteiger partial charge in [0, 0.05) is 46.3 Å². The highest BCUT2D eigenvalue weighted by Crippen LogP contribution is 2.28. The number of aromatic nitrogens is 1. The summed E-state index contributed by atoms with van der Waals surface area (Å²) < 4.78 is 0. The third-order valence-corrected chi connectivity index (χ3v) is 4.78. The molecule has 0 aliphatic carbocycles. The molecule has 0 spiro atoms. The number of hydrogen-bond acceptors (Lipinski definition) is 6. The Labute approximate surface area is 124 Å². The summed E-state index contributed by atoms with van der Waals surface area (Å²) in [6.07, 6.45) is 0. The molecule has 0 unspecified atom stereocenters. The number of nitrogens with zero attached hydrogens (tertiary/aromatic N) is 4. The Morgan fingerprint density at radius 3 is 2.35 bits per heavy atom. The van der Waals surface area contributed by atoms with Crippen LogP contribution >= 0.6 is 11.3 Å². The average molecular weight is 297 g/mol. The lowest BCUT2D eigenvalue weighted by atomic mass is 10.2. The minimum atomic E-state index is 0.0107. The quantitative estimate of drug-likeness (QED) is 0.900. The molecule has 0 saturated carbocycles.